The second-order valence-electron chi connectivity index (χ2n) is 9.75. The zero-order valence-corrected chi connectivity index (χ0v) is 24.3. The van der Waals surface area contributed by atoms with E-state index < -0.39 is 36.4 Å². The minimum atomic E-state index is -5.08. The standard InChI is InChI=1S/C20H24N6O.3C2HF3O2/c1-2-16(12-21-6-1)13-24-7-5-17(14-24)20-22-19-4-3-18(15-26(19)23-20)25-8-10-27-11-9-25;3*3-2(4,5)1(6)7/h1-4,6,12,15,17H,5,7-11,13-14H2;3*(H,6,7). The largest absolute Gasteiger partial charge is 0.490 e. The van der Waals surface area contributed by atoms with Gasteiger partial charge < -0.3 is 25.0 Å². The Morgan fingerprint density at radius 3 is 1.85 bits per heavy atom. The first-order valence-corrected chi connectivity index (χ1v) is 13.4. The van der Waals surface area contributed by atoms with Gasteiger partial charge in [-0.05, 0) is 36.7 Å². The number of hydrogen-bond donors (Lipinski definition) is 3. The molecule has 0 saturated carbocycles. The number of fused-ring (bicyclic) bond motifs is 1. The van der Waals surface area contributed by atoms with Crippen LogP contribution in [0.3, 0.4) is 0 Å². The molecular formula is C26H27F9N6O7. The summed E-state index contributed by atoms with van der Waals surface area (Å²) in [7, 11) is 0. The Kier molecular flexibility index (Phi) is 13.9. The van der Waals surface area contributed by atoms with Crippen LogP contribution in [-0.4, -0.2) is 116 Å². The van der Waals surface area contributed by atoms with E-state index in [0.717, 1.165) is 63.8 Å². The van der Waals surface area contributed by atoms with Crippen molar-refractivity contribution in [2.24, 2.45) is 0 Å². The number of pyridine rings is 2. The van der Waals surface area contributed by atoms with Crippen LogP contribution in [0.15, 0.2) is 42.9 Å². The molecule has 0 radical (unpaired) electrons. The van der Waals surface area contributed by atoms with Crippen LogP contribution in [0.25, 0.3) is 5.65 Å². The number of rotatable bonds is 4. The van der Waals surface area contributed by atoms with E-state index in [2.05, 4.69) is 39.2 Å². The molecule has 3 aromatic rings. The summed E-state index contributed by atoms with van der Waals surface area (Å²) in [6.07, 6.45) is -8.28. The molecule has 2 fully saturated rings. The Morgan fingerprint density at radius 2 is 1.38 bits per heavy atom. The summed E-state index contributed by atoms with van der Waals surface area (Å²) >= 11 is 0. The molecule has 2 aliphatic rings. The van der Waals surface area contributed by atoms with Gasteiger partial charge in [0, 0.05) is 44.5 Å². The Hall–Kier alpha value is -4.73. The van der Waals surface area contributed by atoms with Crippen molar-refractivity contribution in [2.75, 3.05) is 44.3 Å². The fourth-order valence-corrected chi connectivity index (χ4v) is 4.01. The van der Waals surface area contributed by atoms with Crippen molar-refractivity contribution in [1.29, 1.82) is 0 Å². The number of halogens is 9. The fraction of sp³-hybridized carbons (Fsp3) is 0.462. The summed E-state index contributed by atoms with van der Waals surface area (Å²) in [4.78, 5) is 40.5. The number of morpholine rings is 1. The number of carboxylic acid groups (broad SMARTS) is 3. The summed E-state index contributed by atoms with van der Waals surface area (Å²) in [6.45, 7) is 6.46. The van der Waals surface area contributed by atoms with Crippen LogP contribution in [0.4, 0.5) is 45.2 Å². The molecule has 1 unspecified atom stereocenters. The summed E-state index contributed by atoms with van der Waals surface area (Å²) in [5.41, 5.74) is 3.37. The van der Waals surface area contributed by atoms with Gasteiger partial charge in [-0.1, -0.05) is 6.07 Å². The average Bonchev–Trinajstić information content (AvgIpc) is 3.64. The van der Waals surface area contributed by atoms with E-state index in [-0.39, 0.29) is 0 Å². The predicted octanol–water partition coefficient (Wildman–Crippen LogP) is 3.85. The predicted molar refractivity (Wildman–Crippen MR) is 144 cm³/mol. The number of carbonyl (C=O) groups is 3. The molecule has 0 spiro atoms. The zero-order valence-electron chi connectivity index (χ0n) is 24.3. The van der Waals surface area contributed by atoms with E-state index in [9.17, 15) is 39.5 Å². The van der Waals surface area contributed by atoms with Gasteiger partial charge in [0.25, 0.3) is 0 Å². The number of ether oxygens (including phenoxy) is 1. The maximum Gasteiger partial charge on any atom is 0.490 e. The molecule has 3 aromatic heterocycles. The molecule has 2 aliphatic heterocycles. The number of hydrogen-bond acceptors (Lipinski definition) is 9. The van der Waals surface area contributed by atoms with Crippen molar-refractivity contribution < 1.29 is 74.0 Å². The van der Waals surface area contributed by atoms with Crippen LogP contribution < -0.4 is 4.90 Å². The topological polar surface area (TPSA) is 171 Å². The van der Waals surface area contributed by atoms with Gasteiger partial charge in [0.1, 0.15) is 0 Å². The van der Waals surface area contributed by atoms with Crippen LogP contribution in [0.1, 0.15) is 23.7 Å². The molecule has 5 heterocycles. The van der Waals surface area contributed by atoms with E-state index in [1.54, 1.807) is 0 Å². The smallest absolute Gasteiger partial charge is 0.475 e. The normalized spacial score (nSPS) is 16.9. The first-order valence-electron chi connectivity index (χ1n) is 13.4. The molecule has 3 N–H and O–H groups in total. The van der Waals surface area contributed by atoms with Gasteiger partial charge in [-0.2, -0.15) is 44.6 Å². The Labute approximate surface area is 264 Å². The van der Waals surface area contributed by atoms with Crippen LogP contribution in [0, 0.1) is 0 Å². The number of aliphatic carboxylic acids is 3. The van der Waals surface area contributed by atoms with E-state index >= 15 is 0 Å². The third-order valence-corrected chi connectivity index (χ3v) is 6.20. The van der Waals surface area contributed by atoms with Crippen molar-refractivity contribution >= 4 is 29.2 Å². The molecule has 0 aromatic carbocycles. The van der Waals surface area contributed by atoms with Gasteiger partial charge in [-0.15, -0.1) is 0 Å². The molecule has 13 nitrogen and oxygen atoms in total. The quantitative estimate of drug-likeness (QED) is 0.336. The van der Waals surface area contributed by atoms with Crippen LogP contribution in [0.2, 0.25) is 0 Å². The first kappa shape index (κ1) is 39.4. The Bertz CT molecular complexity index is 1440. The lowest BCUT2D eigenvalue weighted by atomic mass is 10.1. The van der Waals surface area contributed by atoms with Crippen LogP contribution in [-0.2, 0) is 25.7 Å². The molecule has 0 bridgehead atoms. The number of nitrogens with zero attached hydrogens (tertiary/aromatic N) is 6. The maximum absolute atomic E-state index is 10.6. The fourth-order valence-electron chi connectivity index (χ4n) is 4.01. The second-order valence-corrected chi connectivity index (χ2v) is 9.75. The van der Waals surface area contributed by atoms with E-state index in [4.69, 9.17) is 44.5 Å². The molecule has 48 heavy (non-hydrogen) atoms. The van der Waals surface area contributed by atoms with E-state index in [1.807, 2.05) is 23.0 Å². The molecule has 1 atom stereocenters. The minimum Gasteiger partial charge on any atom is -0.475 e. The van der Waals surface area contributed by atoms with Crippen molar-refractivity contribution in [1.82, 2.24) is 24.5 Å². The zero-order chi connectivity index (χ0) is 36.3. The molecule has 22 heteroatoms. The molecule has 0 amide bonds. The minimum absolute atomic E-state index is 0.397. The maximum atomic E-state index is 10.6. The summed E-state index contributed by atoms with van der Waals surface area (Å²) in [6, 6.07) is 8.35. The lowest BCUT2D eigenvalue weighted by Gasteiger charge is -2.28. The molecule has 5 rings (SSSR count). The molecular weight excluding hydrogens is 679 g/mol. The number of aromatic nitrogens is 4. The first-order chi connectivity index (χ1) is 22.2. The van der Waals surface area contributed by atoms with E-state index in [1.165, 1.54) is 11.3 Å². The third-order valence-electron chi connectivity index (χ3n) is 6.20. The number of anilines is 1. The van der Waals surface area contributed by atoms with Gasteiger partial charge in [0.2, 0.25) is 0 Å². The van der Waals surface area contributed by atoms with Gasteiger partial charge in [0.15, 0.2) is 11.5 Å². The molecule has 266 valence electrons. The van der Waals surface area contributed by atoms with E-state index in [0.29, 0.717) is 5.92 Å². The van der Waals surface area contributed by atoms with Gasteiger partial charge >= 0.3 is 36.4 Å². The highest BCUT2D eigenvalue weighted by atomic mass is 19.4. The lowest BCUT2D eigenvalue weighted by molar-refractivity contribution is -0.193. The highest BCUT2D eigenvalue weighted by Crippen LogP contribution is 2.27. The monoisotopic (exact) mass is 706 g/mol. The lowest BCUT2D eigenvalue weighted by Crippen LogP contribution is -2.36. The van der Waals surface area contributed by atoms with Crippen molar-refractivity contribution in [3.05, 3.63) is 54.2 Å². The van der Waals surface area contributed by atoms with Gasteiger partial charge in [-0.25, -0.2) is 23.9 Å². The van der Waals surface area contributed by atoms with Gasteiger partial charge in [-0.3, -0.25) is 9.88 Å². The highest BCUT2D eigenvalue weighted by Gasteiger charge is 2.39. The van der Waals surface area contributed by atoms with Crippen LogP contribution >= 0.6 is 0 Å². The van der Waals surface area contributed by atoms with Crippen LogP contribution in [0.5, 0.6) is 0 Å². The van der Waals surface area contributed by atoms with Crippen molar-refractivity contribution in [3.8, 4) is 0 Å². The summed E-state index contributed by atoms with van der Waals surface area (Å²) in [5, 5.41) is 26.2. The summed E-state index contributed by atoms with van der Waals surface area (Å²) in [5.74, 6) is -6.91. The second kappa shape index (κ2) is 16.9. The summed E-state index contributed by atoms with van der Waals surface area (Å²) < 4.78 is 103. The number of alkyl halides is 9. The molecule has 0 aliphatic carbocycles. The Morgan fingerprint density at radius 1 is 0.833 bits per heavy atom. The van der Waals surface area contributed by atoms with Crippen molar-refractivity contribution in [3.63, 3.8) is 0 Å². The SMILES string of the molecule is O=C(O)C(F)(F)F.O=C(O)C(F)(F)F.O=C(O)C(F)(F)F.c1cncc(CN2CCC(c3nc4ccc(N5CCOCC5)cn4n3)C2)c1. The average molecular weight is 707 g/mol. The number of likely N-dealkylation sites (tertiary alicyclic amines) is 1. The highest BCUT2D eigenvalue weighted by molar-refractivity contribution is 5.73. The van der Waals surface area contributed by atoms with Crippen molar-refractivity contribution in [2.45, 2.75) is 37.4 Å². The number of carboxylic acids is 3. The molecule has 2 saturated heterocycles. The third kappa shape index (κ3) is 13.2. The Balaban J connectivity index is 0.000000313. The van der Waals surface area contributed by atoms with Gasteiger partial charge in [0.05, 0.1) is 25.1 Å².